The van der Waals surface area contributed by atoms with Crippen LogP contribution < -0.4 is 14.4 Å². The number of fused-ring (bicyclic) bond motifs is 1. The van der Waals surface area contributed by atoms with E-state index in [1.54, 1.807) is 49.4 Å². The molecular weight excluding hydrogens is 568 g/mol. The summed E-state index contributed by atoms with van der Waals surface area (Å²) in [6.45, 7) is 3.38. The van der Waals surface area contributed by atoms with E-state index in [1.165, 1.54) is 18.9 Å². The molecule has 2 aromatic heterocycles. The van der Waals surface area contributed by atoms with Gasteiger partial charge in [-0.3, -0.25) is 19.3 Å². The fourth-order valence-corrected chi connectivity index (χ4v) is 6.09. The van der Waals surface area contributed by atoms with Crippen molar-refractivity contribution in [3.05, 3.63) is 118 Å². The van der Waals surface area contributed by atoms with Crippen LogP contribution in [0.4, 0.5) is 5.13 Å². The molecule has 1 aliphatic heterocycles. The molecule has 1 unspecified atom stereocenters. The van der Waals surface area contributed by atoms with Gasteiger partial charge < -0.3 is 19.0 Å². The molecule has 216 valence electrons. The fourth-order valence-electron chi connectivity index (χ4n) is 5.10. The summed E-state index contributed by atoms with van der Waals surface area (Å²) in [5, 5.41) is 12.1. The molecular formula is C33H26N2O7S. The van der Waals surface area contributed by atoms with E-state index in [1.807, 2.05) is 36.4 Å². The predicted octanol–water partition coefficient (Wildman–Crippen LogP) is 6.77. The molecule has 10 heteroatoms. The largest absolute Gasteiger partial charge is 0.503 e. The Morgan fingerprint density at radius 2 is 1.77 bits per heavy atom. The monoisotopic (exact) mass is 594 g/mol. The third-order valence-electron chi connectivity index (χ3n) is 7.15. The number of thiazole rings is 1. The number of aliphatic hydroxyl groups excluding tert-OH is 1. The Morgan fingerprint density at radius 1 is 1.02 bits per heavy atom. The number of carbonyl (C=O) groups excluding carboxylic acids is 3. The number of anilines is 1. The van der Waals surface area contributed by atoms with Gasteiger partial charge in [-0.05, 0) is 42.3 Å². The molecule has 43 heavy (non-hydrogen) atoms. The van der Waals surface area contributed by atoms with E-state index in [-0.39, 0.29) is 22.2 Å². The van der Waals surface area contributed by atoms with Crippen molar-refractivity contribution in [1.82, 2.24) is 4.98 Å². The number of rotatable bonds is 9. The summed E-state index contributed by atoms with van der Waals surface area (Å²) >= 11 is 1.02. The molecule has 6 rings (SSSR count). The molecule has 1 atom stereocenters. The first-order valence-electron chi connectivity index (χ1n) is 13.4. The second-order valence-corrected chi connectivity index (χ2v) is 10.9. The summed E-state index contributed by atoms with van der Waals surface area (Å²) in [5.74, 6) is -1.62. The Kier molecular flexibility index (Phi) is 7.29. The van der Waals surface area contributed by atoms with Gasteiger partial charge >= 0.3 is 0 Å². The molecule has 9 nitrogen and oxygen atoms in total. The molecule has 0 bridgehead atoms. The number of aliphatic hydroxyl groups is 1. The minimum Gasteiger partial charge on any atom is -0.503 e. The standard InChI is InChI=1S/C33H26N2O7S/c1-18-31(19(2)36)43-33(34-18)35-28(22-13-14-24(25(16-22)40-3)41-17-20-9-5-4-6-10-20)27(30(38)32(35)39)29(37)26-15-21-11-7-8-12-23(21)42-26/h4-16,28,38H,17H2,1-3H3. The van der Waals surface area contributed by atoms with Gasteiger partial charge in [-0.25, -0.2) is 4.98 Å². The number of ether oxygens (including phenoxy) is 2. The quantitative estimate of drug-likeness (QED) is 0.186. The van der Waals surface area contributed by atoms with Crippen LogP contribution in [0.5, 0.6) is 11.5 Å². The van der Waals surface area contributed by atoms with Gasteiger partial charge in [0.1, 0.15) is 12.2 Å². The molecule has 1 aliphatic rings. The number of carbonyl (C=O) groups is 3. The molecule has 1 amide bonds. The maximum atomic E-state index is 14.0. The summed E-state index contributed by atoms with van der Waals surface area (Å²) in [6.07, 6.45) is 0. The first kappa shape index (κ1) is 27.9. The van der Waals surface area contributed by atoms with Gasteiger partial charge in [0.05, 0.1) is 29.3 Å². The third kappa shape index (κ3) is 5.06. The van der Waals surface area contributed by atoms with Crippen LogP contribution in [0.2, 0.25) is 0 Å². The highest BCUT2D eigenvalue weighted by Gasteiger charge is 2.47. The summed E-state index contributed by atoms with van der Waals surface area (Å²) in [7, 11) is 1.49. The number of Topliss-reactive ketones (excluding diaryl/α,β-unsaturated/α-hetero) is 2. The molecule has 0 radical (unpaired) electrons. The highest BCUT2D eigenvalue weighted by molar-refractivity contribution is 7.17. The fraction of sp³-hybridized carbons (Fsp3) is 0.152. The van der Waals surface area contributed by atoms with E-state index in [9.17, 15) is 19.5 Å². The lowest BCUT2D eigenvalue weighted by molar-refractivity contribution is -0.117. The van der Waals surface area contributed by atoms with Crippen LogP contribution in [0, 0.1) is 6.92 Å². The van der Waals surface area contributed by atoms with Crippen LogP contribution in [-0.4, -0.2) is 34.7 Å². The van der Waals surface area contributed by atoms with E-state index in [4.69, 9.17) is 13.9 Å². The SMILES string of the molecule is COc1cc(C2C(C(=O)c3cc4ccccc4o3)=C(O)C(=O)N2c2nc(C)c(C(C)=O)s2)ccc1OCc1ccccc1. The van der Waals surface area contributed by atoms with Crippen LogP contribution in [0.1, 0.15) is 50.0 Å². The zero-order chi connectivity index (χ0) is 30.2. The zero-order valence-electron chi connectivity index (χ0n) is 23.5. The topological polar surface area (TPSA) is 119 Å². The van der Waals surface area contributed by atoms with E-state index in [0.717, 1.165) is 16.9 Å². The Labute approximate surface area is 250 Å². The lowest BCUT2D eigenvalue weighted by Gasteiger charge is -2.25. The predicted molar refractivity (Wildman–Crippen MR) is 161 cm³/mol. The highest BCUT2D eigenvalue weighted by atomic mass is 32.1. The van der Waals surface area contributed by atoms with Crippen molar-refractivity contribution in [2.75, 3.05) is 12.0 Å². The number of aromatic nitrogens is 1. The van der Waals surface area contributed by atoms with Gasteiger partial charge in [0.2, 0.25) is 5.78 Å². The molecule has 0 saturated carbocycles. The van der Waals surface area contributed by atoms with E-state index in [2.05, 4.69) is 4.98 Å². The van der Waals surface area contributed by atoms with Crippen LogP contribution >= 0.6 is 11.3 Å². The van der Waals surface area contributed by atoms with Crippen LogP contribution in [0.3, 0.4) is 0 Å². The number of amides is 1. The molecule has 3 aromatic carbocycles. The molecule has 0 spiro atoms. The van der Waals surface area contributed by atoms with Crippen LogP contribution in [-0.2, 0) is 11.4 Å². The van der Waals surface area contributed by atoms with Crippen molar-refractivity contribution >= 4 is 44.9 Å². The minimum absolute atomic E-state index is 0.0306. The maximum absolute atomic E-state index is 14.0. The average molecular weight is 595 g/mol. The summed E-state index contributed by atoms with van der Waals surface area (Å²) in [4.78, 5) is 45.9. The second kappa shape index (κ2) is 11.2. The Balaban J connectivity index is 1.45. The van der Waals surface area contributed by atoms with E-state index in [0.29, 0.717) is 45.2 Å². The number of benzene rings is 3. The van der Waals surface area contributed by atoms with Gasteiger partial charge in [-0.15, -0.1) is 0 Å². The Bertz CT molecular complexity index is 1890. The van der Waals surface area contributed by atoms with Gasteiger partial charge in [-0.1, -0.05) is 65.9 Å². The molecule has 0 fully saturated rings. The maximum Gasteiger partial charge on any atom is 0.296 e. The van der Waals surface area contributed by atoms with Gasteiger partial charge in [0, 0.05) is 12.3 Å². The number of nitrogens with zero attached hydrogens (tertiary/aromatic N) is 2. The lowest BCUT2D eigenvalue weighted by Crippen LogP contribution is -2.31. The Hall–Kier alpha value is -5.22. The number of hydrogen-bond donors (Lipinski definition) is 1. The number of methoxy groups -OCH3 is 1. The third-order valence-corrected chi connectivity index (χ3v) is 8.41. The van der Waals surface area contributed by atoms with Crippen molar-refractivity contribution < 1.29 is 33.4 Å². The number of para-hydroxylation sites is 1. The lowest BCUT2D eigenvalue weighted by atomic mass is 9.95. The van der Waals surface area contributed by atoms with Crippen molar-refractivity contribution in [2.24, 2.45) is 0 Å². The smallest absolute Gasteiger partial charge is 0.296 e. The zero-order valence-corrected chi connectivity index (χ0v) is 24.3. The van der Waals surface area contributed by atoms with Gasteiger partial charge in [0.15, 0.2) is 33.9 Å². The van der Waals surface area contributed by atoms with Gasteiger partial charge in [0.25, 0.3) is 5.91 Å². The number of hydrogen-bond acceptors (Lipinski definition) is 9. The Morgan fingerprint density at radius 3 is 2.47 bits per heavy atom. The molecule has 1 N–H and O–H groups in total. The highest BCUT2D eigenvalue weighted by Crippen LogP contribution is 2.45. The minimum atomic E-state index is -1.10. The van der Waals surface area contributed by atoms with E-state index >= 15 is 0 Å². The van der Waals surface area contributed by atoms with Gasteiger partial charge in [-0.2, -0.15) is 0 Å². The summed E-state index contributed by atoms with van der Waals surface area (Å²) in [6, 6.07) is 22.3. The van der Waals surface area contributed by atoms with Crippen molar-refractivity contribution in [3.8, 4) is 11.5 Å². The average Bonchev–Trinajstić information content (AvgIpc) is 3.70. The summed E-state index contributed by atoms with van der Waals surface area (Å²) < 4.78 is 17.5. The normalized spacial score (nSPS) is 14.9. The first-order chi connectivity index (χ1) is 20.8. The number of ketones is 2. The molecule has 3 heterocycles. The molecule has 5 aromatic rings. The van der Waals surface area contributed by atoms with Crippen LogP contribution in [0.15, 0.2) is 94.6 Å². The number of aryl methyl sites for hydroxylation is 1. The number of furan rings is 1. The summed E-state index contributed by atoms with van der Waals surface area (Å²) in [5.41, 5.74) is 2.18. The van der Waals surface area contributed by atoms with Crippen molar-refractivity contribution in [2.45, 2.75) is 26.5 Å². The van der Waals surface area contributed by atoms with Crippen molar-refractivity contribution in [1.29, 1.82) is 0 Å². The van der Waals surface area contributed by atoms with E-state index < -0.39 is 23.5 Å². The van der Waals surface area contributed by atoms with Crippen LogP contribution in [0.25, 0.3) is 11.0 Å². The second-order valence-electron chi connectivity index (χ2n) is 9.97. The molecule has 0 aliphatic carbocycles. The molecule has 0 saturated heterocycles. The van der Waals surface area contributed by atoms with Crippen molar-refractivity contribution in [3.63, 3.8) is 0 Å². The first-order valence-corrected chi connectivity index (χ1v) is 14.2.